The third-order valence-electron chi connectivity index (χ3n) is 0.803. The molecule has 0 bridgehead atoms. The highest BCUT2D eigenvalue weighted by molar-refractivity contribution is 5.62. The van der Waals surface area contributed by atoms with Gasteiger partial charge in [-0.15, -0.1) is 0 Å². The number of hydroxylamine groups is 1. The summed E-state index contributed by atoms with van der Waals surface area (Å²) in [5.41, 5.74) is 2.19. The largest absolute Gasteiger partial charge is 0.655 e. The van der Waals surface area contributed by atoms with E-state index in [0.717, 1.165) is 6.92 Å². The van der Waals surface area contributed by atoms with Gasteiger partial charge in [0, 0.05) is 11.8 Å². The van der Waals surface area contributed by atoms with Gasteiger partial charge in [0.25, 0.3) is 0 Å². The fourth-order valence-electron chi connectivity index (χ4n) is 0.401. The number of rotatable bonds is 2. The van der Waals surface area contributed by atoms with Crippen LogP contribution >= 0.6 is 0 Å². The van der Waals surface area contributed by atoms with Crippen molar-refractivity contribution in [3.63, 3.8) is 0 Å². The van der Waals surface area contributed by atoms with Crippen molar-refractivity contribution in [2.75, 3.05) is 0 Å². The molecule has 1 amide bonds. The molecule has 0 fully saturated rings. The van der Waals surface area contributed by atoms with Gasteiger partial charge in [-0.2, -0.15) is 0 Å². The maximum absolute atomic E-state index is 10.6. The SMILES string of the molecule is CC(=O)[N+]([O-])=[N+]([O-])NC(C)C. The fraction of sp³-hybridized carbons (Fsp3) is 0.800. The second kappa shape index (κ2) is 3.75. The van der Waals surface area contributed by atoms with Crippen molar-refractivity contribution in [2.24, 2.45) is 0 Å². The van der Waals surface area contributed by atoms with Crippen LogP contribution in [0.1, 0.15) is 20.8 Å². The minimum absolute atomic E-state index is 0.132. The fourth-order valence-corrected chi connectivity index (χ4v) is 0.401. The number of carbonyl (C=O) groups is 1. The standard InChI is InChI=1S/C5H11N3O3/c1-4(2)6-8(11)7(10)5(3)9/h4,6H,1-3H3. The Hall–Kier alpha value is -1.33. The van der Waals surface area contributed by atoms with Crippen LogP contribution in [0.3, 0.4) is 0 Å². The molecule has 0 aliphatic rings. The molecule has 0 aliphatic heterocycles. The lowest BCUT2D eigenvalue weighted by Crippen LogP contribution is -2.37. The molecular formula is C5H11N3O3. The van der Waals surface area contributed by atoms with Crippen LogP contribution in [0.4, 0.5) is 0 Å². The quantitative estimate of drug-likeness (QED) is 0.349. The molecule has 64 valence electrons. The topological polar surface area (TPSA) is 81.2 Å². The third kappa shape index (κ3) is 3.39. The van der Waals surface area contributed by atoms with Gasteiger partial charge in [-0.05, 0) is 13.8 Å². The maximum atomic E-state index is 10.6. The first kappa shape index (κ1) is 9.67. The molecule has 11 heavy (non-hydrogen) atoms. The van der Waals surface area contributed by atoms with Crippen LogP contribution in [0.25, 0.3) is 0 Å². The highest BCUT2D eigenvalue weighted by Gasteiger charge is 2.11. The molecular weight excluding hydrogens is 150 g/mol. The first-order chi connectivity index (χ1) is 4.95. The molecule has 1 N–H and O–H groups in total. The van der Waals surface area contributed by atoms with Gasteiger partial charge in [-0.25, -0.2) is 4.79 Å². The summed E-state index contributed by atoms with van der Waals surface area (Å²) in [6.07, 6.45) is 0. The molecule has 0 saturated carbocycles. The summed E-state index contributed by atoms with van der Waals surface area (Å²) < 4.78 is 0. The zero-order chi connectivity index (χ0) is 9.02. The van der Waals surface area contributed by atoms with Crippen molar-refractivity contribution < 1.29 is 14.6 Å². The summed E-state index contributed by atoms with van der Waals surface area (Å²) in [7, 11) is 0. The number of nitrogens with zero attached hydrogens (tertiary/aromatic N) is 2. The monoisotopic (exact) mass is 161 g/mol. The van der Waals surface area contributed by atoms with Crippen molar-refractivity contribution in [1.29, 1.82) is 0 Å². The van der Waals surface area contributed by atoms with E-state index in [2.05, 4.69) is 5.43 Å². The van der Waals surface area contributed by atoms with Crippen LogP contribution in [0.5, 0.6) is 0 Å². The highest BCUT2D eigenvalue weighted by atomic mass is 16.6. The zero-order valence-corrected chi connectivity index (χ0v) is 6.70. The molecule has 0 rings (SSSR count). The van der Waals surface area contributed by atoms with Gasteiger partial charge in [0.05, 0.1) is 0 Å². The summed E-state index contributed by atoms with van der Waals surface area (Å²) in [6, 6.07) is -0.178. The molecule has 0 aliphatic carbocycles. The number of hydrogen-bond donors (Lipinski definition) is 1. The smallest absolute Gasteiger partial charge is 0.370 e. The average molecular weight is 161 g/mol. The van der Waals surface area contributed by atoms with Gasteiger partial charge >= 0.3 is 5.91 Å². The molecule has 0 aromatic heterocycles. The molecule has 0 heterocycles. The molecule has 0 unspecified atom stereocenters. The average Bonchev–Trinajstić information content (AvgIpc) is 1.84. The van der Waals surface area contributed by atoms with Crippen molar-refractivity contribution in [1.82, 2.24) is 5.43 Å². The van der Waals surface area contributed by atoms with Gasteiger partial charge < -0.3 is 10.4 Å². The van der Waals surface area contributed by atoms with E-state index >= 15 is 0 Å². The van der Waals surface area contributed by atoms with Crippen LogP contribution in [0, 0.1) is 10.4 Å². The third-order valence-corrected chi connectivity index (χ3v) is 0.803. The van der Waals surface area contributed by atoms with Crippen LogP contribution in [0.2, 0.25) is 0 Å². The van der Waals surface area contributed by atoms with E-state index in [-0.39, 0.29) is 15.9 Å². The summed E-state index contributed by atoms with van der Waals surface area (Å²) in [5.74, 6) is -0.854. The molecule has 6 heteroatoms. The zero-order valence-electron chi connectivity index (χ0n) is 6.70. The van der Waals surface area contributed by atoms with Gasteiger partial charge in [-0.3, -0.25) is 0 Å². The Bertz CT molecular complexity index is 187. The Balaban J connectivity index is 4.28. The summed E-state index contributed by atoms with van der Waals surface area (Å²) in [5, 5.41) is 21.1. The second-order valence-corrected chi connectivity index (χ2v) is 2.35. The number of hydrazine groups is 1. The van der Waals surface area contributed by atoms with E-state index in [4.69, 9.17) is 0 Å². The predicted molar refractivity (Wildman–Crippen MR) is 36.2 cm³/mol. The lowest BCUT2D eigenvalue weighted by atomic mass is 10.4. The van der Waals surface area contributed by atoms with Crippen LogP contribution in [-0.4, -0.2) is 21.8 Å². The van der Waals surface area contributed by atoms with Gasteiger partial charge in [0.2, 0.25) is 0 Å². The molecule has 0 spiro atoms. The maximum Gasteiger partial charge on any atom is 0.370 e. The molecule has 0 atom stereocenters. The van der Waals surface area contributed by atoms with E-state index in [0.29, 0.717) is 0 Å². The lowest BCUT2D eigenvalue weighted by molar-refractivity contribution is -0.957. The van der Waals surface area contributed by atoms with Crippen molar-refractivity contribution >= 4 is 5.91 Å². The van der Waals surface area contributed by atoms with Crippen molar-refractivity contribution in [3.05, 3.63) is 10.4 Å². The Morgan fingerprint density at radius 1 is 1.45 bits per heavy atom. The summed E-state index contributed by atoms with van der Waals surface area (Å²) in [6.45, 7) is 4.37. The van der Waals surface area contributed by atoms with Gasteiger partial charge in [0.1, 0.15) is 6.04 Å². The number of hydrogen-bond acceptors (Lipinski definition) is 3. The van der Waals surface area contributed by atoms with Crippen LogP contribution in [0.15, 0.2) is 0 Å². The lowest BCUT2D eigenvalue weighted by Gasteiger charge is -2.03. The van der Waals surface area contributed by atoms with E-state index < -0.39 is 5.91 Å². The first-order valence-corrected chi connectivity index (χ1v) is 3.16. The van der Waals surface area contributed by atoms with E-state index in [1.807, 2.05) is 0 Å². The predicted octanol–water partition coefficient (Wildman–Crippen LogP) is -0.0813. The second-order valence-electron chi connectivity index (χ2n) is 2.35. The Morgan fingerprint density at radius 2 is 1.91 bits per heavy atom. The Morgan fingerprint density at radius 3 is 2.18 bits per heavy atom. The minimum atomic E-state index is -0.854. The number of amides is 1. The Labute approximate surface area is 64.2 Å². The Kier molecular flexibility index (Phi) is 3.29. The molecule has 0 aromatic rings. The molecule has 0 saturated heterocycles. The van der Waals surface area contributed by atoms with Crippen molar-refractivity contribution in [3.8, 4) is 0 Å². The molecule has 0 aromatic carbocycles. The number of nitrogens with one attached hydrogen (secondary N) is 1. The van der Waals surface area contributed by atoms with E-state index in [9.17, 15) is 15.2 Å². The molecule has 0 radical (unpaired) electrons. The first-order valence-electron chi connectivity index (χ1n) is 3.16. The van der Waals surface area contributed by atoms with E-state index in [1.165, 1.54) is 0 Å². The van der Waals surface area contributed by atoms with E-state index in [1.54, 1.807) is 13.8 Å². The number of carbonyl (C=O) groups excluding carboxylic acids is 1. The van der Waals surface area contributed by atoms with Gasteiger partial charge in [0.15, 0.2) is 4.97 Å². The highest BCUT2D eigenvalue weighted by Crippen LogP contribution is 1.79. The van der Waals surface area contributed by atoms with Crippen LogP contribution < -0.4 is 5.43 Å². The molecule has 6 nitrogen and oxygen atoms in total. The summed E-state index contributed by atoms with van der Waals surface area (Å²) in [4.78, 5) is 9.87. The van der Waals surface area contributed by atoms with Crippen LogP contribution in [-0.2, 0) is 4.79 Å². The van der Waals surface area contributed by atoms with Crippen molar-refractivity contribution in [2.45, 2.75) is 26.8 Å². The minimum Gasteiger partial charge on any atom is -0.655 e. The normalized spacial score (nSPS) is 12.7. The van der Waals surface area contributed by atoms with Gasteiger partial charge in [-0.1, -0.05) is 5.43 Å². The summed E-state index contributed by atoms with van der Waals surface area (Å²) >= 11 is 0.